The van der Waals surface area contributed by atoms with E-state index in [1.165, 1.54) is 0 Å². The monoisotopic (exact) mass is 304 g/mol. The number of nitrogens with zero attached hydrogens (tertiary/aromatic N) is 3. The Bertz CT molecular complexity index is 732. The van der Waals surface area contributed by atoms with E-state index in [1.54, 1.807) is 6.92 Å². The maximum atomic E-state index is 11.8. The molecular formula is C15H20N4O3. The summed E-state index contributed by atoms with van der Waals surface area (Å²) in [6.45, 7) is 4.06. The van der Waals surface area contributed by atoms with Gasteiger partial charge in [-0.25, -0.2) is 4.79 Å². The third-order valence-electron chi connectivity index (χ3n) is 4.25. The molecule has 2 aromatic rings. The lowest BCUT2D eigenvalue weighted by Crippen LogP contribution is -2.14. The highest BCUT2D eigenvalue weighted by molar-refractivity contribution is 5.99. The van der Waals surface area contributed by atoms with E-state index in [2.05, 4.69) is 9.97 Å². The molecule has 1 saturated carbocycles. The second-order valence-corrected chi connectivity index (χ2v) is 5.61. The minimum atomic E-state index is -0.955. The molecule has 1 aliphatic carbocycles. The molecule has 0 bridgehead atoms. The minimum Gasteiger partial charge on any atom is -0.477 e. The molecule has 118 valence electrons. The normalized spacial score (nSPS) is 15.5. The van der Waals surface area contributed by atoms with Gasteiger partial charge in [-0.1, -0.05) is 12.8 Å². The van der Waals surface area contributed by atoms with Gasteiger partial charge in [0.25, 0.3) is 0 Å². The lowest BCUT2D eigenvalue weighted by molar-refractivity contribution is 0.0682. The van der Waals surface area contributed by atoms with Crippen LogP contribution >= 0.6 is 0 Å². The van der Waals surface area contributed by atoms with Gasteiger partial charge in [-0.05, 0) is 32.3 Å². The van der Waals surface area contributed by atoms with Crippen LogP contribution < -0.4 is 10.5 Å². The molecule has 7 nitrogen and oxygen atoms in total. The van der Waals surface area contributed by atoms with Crippen LogP contribution in [0.2, 0.25) is 0 Å². The third-order valence-corrected chi connectivity index (χ3v) is 4.25. The van der Waals surface area contributed by atoms with E-state index in [0.29, 0.717) is 29.1 Å². The maximum Gasteiger partial charge on any atom is 0.352 e. The highest BCUT2D eigenvalue weighted by Crippen LogP contribution is 2.39. The van der Waals surface area contributed by atoms with Gasteiger partial charge in [0.2, 0.25) is 11.8 Å². The Labute approximate surface area is 128 Å². The molecule has 7 heteroatoms. The van der Waals surface area contributed by atoms with Gasteiger partial charge in [0.15, 0.2) is 5.65 Å². The Kier molecular flexibility index (Phi) is 3.64. The fraction of sp³-hybridized carbons (Fsp3) is 0.533. The van der Waals surface area contributed by atoms with E-state index in [4.69, 9.17) is 10.5 Å². The molecule has 0 aliphatic heterocycles. The first-order chi connectivity index (χ1) is 10.5. The first-order valence-corrected chi connectivity index (χ1v) is 7.58. The van der Waals surface area contributed by atoms with Crippen molar-refractivity contribution in [3.63, 3.8) is 0 Å². The predicted molar refractivity (Wildman–Crippen MR) is 82.3 cm³/mol. The molecule has 3 N–H and O–H groups in total. The number of hydrogen-bond donors (Lipinski definition) is 2. The van der Waals surface area contributed by atoms with Crippen molar-refractivity contribution >= 4 is 23.0 Å². The first-order valence-electron chi connectivity index (χ1n) is 7.58. The van der Waals surface area contributed by atoms with E-state index in [-0.39, 0.29) is 17.7 Å². The van der Waals surface area contributed by atoms with Gasteiger partial charge >= 0.3 is 5.97 Å². The number of carbonyl (C=O) groups is 1. The quantitative estimate of drug-likeness (QED) is 0.899. The number of carboxylic acid groups (broad SMARTS) is 1. The number of rotatable bonds is 4. The summed E-state index contributed by atoms with van der Waals surface area (Å²) in [4.78, 5) is 20.2. The maximum absolute atomic E-state index is 11.8. The molecule has 0 saturated heterocycles. The van der Waals surface area contributed by atoms with E-state index in [9.17, 15) is 9.90 Å². The largest absolute Gasteiger partial charge is 0.477 e. The van der Waals surface area contributed by atoms with Gasteiger partial charge in [0.05, 0.1) is 12.0 Å². The zero-order valence-corrected chi connectivity index (χ0v) is 12.8. The molecule has 2 aromatic heterocycles. The fourth-order valence-electron chi connectivity index (χ4n) is 3.37. The molecule has 0 atom stereocenters. The SMILES string of the molecule is CCOc1nc(N)nc2c1c(C)c(C(=O)O)n2C1CCCC1. The molecule has 0 spiro atoms. The second-order valence-electron chi connectivity index (χ2n) is 5.61. The Hall–Kier alpha value is -2.31. The summed E-state index contributed by atoms with van der Waals surface area (Å²) >= 11 is 0. The van der Waals surface area contributed by atoms with Crippen LogP contribution in [0.1, 0.15) is 54.7 Å². The average Bonchev–Trinajstić information content (AvgIpc) is 3.05. The van der Waals surface area contributed by atoms with Crippen LogP contribution in [0.5, 0.6) is 5.88 Å². The van der Waals surface area contributed by atoms with Crippen molar-refractivity contribution in [1.29, 1.82) is 0 Å². The fourth-order valence-corrected chi connectivity index (χ4v) is 3.37. The van der Waals surface area contributed by atoms with Gasteiger partial charge in [0, 0.05) is 6.04 Å². The molecule has 0 unspecified atom stereocenters. The molecule has 22 heavy (non-hydrogen) atoms. The number of aromatic nitrogens is 3. The van der Waals surface area contributed by atoms with Crippen LogP contribution in [0.25, 0.3) is 11.0 Å². The topological polar surface area (TPSA) is 103 Å². The summed E-state index contributed by atoms with van der Waals surface area (Å²) in [6, 6.07) is 0.145. The summed E-state index contributed by atoms with van der Waals surface area (Å²) in [6.07, 6.45) is 4.11. The van der Waals surface area contributed by atoms with Crippen LogP contribution in [0.15, 0.2) is 0 Å². The van der Waals surface area contributed by atoms with Gasteiger partial charge < -0.3 is 20.1 Å². The number of hydrogen-bond acceptors (Lipinski definition) is 5. The zero-order chi connectivity index (χ0) is 15.9. The number of aryl methyl sites for hydroxylation is 1. The number of ether oxygens (including phenoxy) is 1. The summed E-state index contributed by atoms with van der Waals surface area (Å²) in [5.74, 6) is -0.491. The van der Waals surface area contributed by atoms with Crippen molar-refractivity contribution < 1.29 is 14.6 Å². The average molecular weight is 304 g/mol. The Morgan fingerprint density at radius 3 is 2.68 bits per heavy atom. The van der Waals surface area contributed by atoms with Crippen LogP contribution in [-0.2, 0) is 0 Å². The molecule has 2 heterocycles. The van der Waals surface area contributed by atoms with Crippen molar-refractivity contribution in [3.8, 4) is 5.88 Å². The van der Waals surface area contributed by atoms with Gasteiger partial charge in [-0.15, -0.1) is 0 Å². The molecule has 0 aromatic carbocycles. The van der Waals surface area contributed by atoms with E-state index in [1.807, 2.05) is 11.5 Å². The van der Waals surface area contributed by atoms with E-state index >= 15 is 0 Å². The van der Waals surface area contributed by atoms with Crippen molar-refractivity contribution in [1.82, 2.24) is 14.5 Å². The van der Waals surface area contributed by atoms with Crippen LogP contribution in [0.3, 0.4) is 0 Å². The third kappa shape index (κ3) is 2.17. The van der Waals surface area contributed by atoms with Gasteiger partial charge in [-0.3, -0.25) is 0 Å². The zero-order valence-electron chi connectivity index (χ0n) is 12.8. The van der Waals surface area contributed by atoms with Crippen molar-refractivity contribution in [2.24, 2.45) is 0 Å². The molecule has 3 rings (SSSR count). The lowest BCUT2D eigenvalue weighted by atomic mass is 10.2. The van der Waals surface area contributed by atoms with Gasteiger partial charge in [0.1, 0.15) is 5.69 Å². The summed E-state index contributed by atoms with van der Waals surface area (Å²) in [5.41, 5.74) is 7.27. The summed E-state index contributed by atoms with van der Waals surface area (Å²) in [5, 5.41) is 10.3. The molecule has 0 amide bonds. The van der Waals surface area contributed by atoms with Crippen molar-refractivity contribution in [2.75, 3.05) is 12.3 Å². The number of fused-ring (bicyclic) bond motifs is 1. The Morgan fingerprint density at radius 2 is 2.09 bits per heavy atom. The number of anilines is 1. The number of nitrogen functional groups attached to an aromatic ring is 1. The minimum absolute atomic E-state index is 0.102. The number of aromatic carboxylic acids is 1. The Morgan fingerprint density at radius 1 is 1.41 bits per heavy atom. The van der Waals surface area contributed by atoms with Crippen LogP contribution in [0.4, 0.5) is 5.95 Å². The summed E-state index contributed by atoms with van der Waals surface area (Å²) < 4.78 is 7.37. The van der Waals surface area contributed by atoms with Crippen LogP contribution in [0, 0.1) is 6.92 Å². The molecule has 0 radical (unpaired) electrons. The highest BCUT2D eigenvalue weighted by Gasteiger charge is 2.30. The van der Waals surface area contributed by atoms with Gasteiger partial charge in [-0.2, -0.15) is 9.97 Å². The predicted octanol–water partition coefficient (Wildman–Crippen LogP) is 2.53. The second kappa shape index (κ2) is 5.47. The standard InChI is InChI=1S/C15H20N4O3/c1-3-22-13-10-8(2)11(14(20)21)19(9-6-4-5-7-9)12(10)17-15(16)18-13/h9H,3-7H2,1-2H3,(H,20,21)(H2,16,17,18). The van der Waals surface area contributed by atoms with E-state index in [0.717, 1.165) is 25.7 Å². The molecule has 1 fully saturated rings. The van der Waals surface area contributed by atoms with Crippen molar-refractivity contribution in [3.05, 3.63) is 11.3 Å². The molecular weight excluding hydrogens is 284 g/mol. The first kappa shape index (κ1) is 14.6. The Balaban J connectivity index is 2.35. The smallest absolute Gasteiger partial charge is 0.352 e. The highest BCUT2D eigenvalue weighted by atomic mass is 16.5. The molecule has 1 aliphatic rings. The van der Waals surface area contributed by atoms with E-state index < -0.39 is 5.97 Å². The number of carboxylic acids is 1. The van der Waals surface area contributed by atoms with Crippen molar-refractivity contribution in [2.45, 2.75) is 45.6 Å². The lowest BCUT2D eigenvalue weighted by Gasteiger charge is -2.15. The summed E-state index contributed by atoms with van der Waals surface area (Å²) in [7, 11) is 0. The number of nitrogens with two attached hydrogens (primary N) is 1. The van der Waals surface area contributed by atoms with Crippen LogP contribution in [-0.4, -0.2) is 32.2 Å².